The van der Waals surface area contributed by atoms with E-state index in [1.807, 2.05) is 38.2 Å². The van der Waals surface area contributed by atoms with E-state index in [-0.39, 0.29) is 5.91 Å². The quantitative estimate of drug-likeness (QED) is 0.785. The molecule has 0 saturated heterocycles. The van der Waals surface area contributed by atoms with Gasteiger partial charge in [-0.2, -0.15) is 0 Å². The van der Waals surface area contributed by atoms with E-state index in [2.05, 4.69) is 12.2 Å². The minimum Gasteiger partial charge on any atom is -0.492 e. The van der Waals surface area contributed by atoms with Gasteiger partial charge < -0.3 is 15.0 Å². The monoisotopic (exact) mass is 264 g/mol. The number of carbonyl (C=O) groups is 1. The average Bonchev–Trinajstić information content (AvgIpc) is 2.43. The third kappa shape index (κ3) is 5.20. The van der Waals surface area contributed by atoms with E-state index in [9.17, 15) is 4.79 Å². The van der Waals surface area contributed by atoms with Crippen LogP contribution in [0.2, 0.25) is 0 Å². The summed E-state index contributed by atoms with van der Waals surface area (Å²) in [6.45, 7) is 5.78. The van der Waals surface area contributed by atoms with Crippen LogP contribution in [0.1, 0.15) is 26.7 Å². The topological polar surface area (TPSA) is 41.6 Å². The fourth-order valence-corrected chi connectivity index (χ4v) is 1.72. The van der Waals surface area contributed by atoms with E-state index >= 15 is 0 Å². The maximum Gasteiger partial charge on any atom is 0.241 e. The van der Waals surface area contributed by atoms with E-state index in [0.29, 0.717) is 13.2 Å². The first kappa shape index (κ1) is 15.3. The number of hydrogen-bond acceptors (Lipinski definition) is 3. The second kappa shape index (κ2) is 8.40. The number of ether oxygens (including phenoxy) is 1. The molecule has 0 fully saturated rings. The molecule has 0 aromatic heterocycles. The van der Waals surface area contributed by atoms with Crippen LogP contribution in [0.4, 0.5) is 5.69 Å². The number of nitrogens with one attached hydrogen (secondary N) is 1. The highest BCUT2D eigenvalue weighted by molar-refractivity contribution is 5.81. The van der Waals surface area contributed by atoms with Crippen molar-refractivity contribution in [3.8, 4) is 5.75 Å². The number of anilines is 1. The molecule has 0 spiro atoms. The average molecular weight is 264 g/mol. The Balaban J connectivity index is 2.49. The molecule has 0 bridgehead atoms. The number of benzene rings is 1. The van der Waals surface area contributed by atoms with Crippen LogP contribution in [0.5, 0.6) is 5.75 Å². The number of carbonyl (C=O) groups excluding carboxylic acids is 1. The van der Waals surface area contributed by atoms with E-state index in [1.165, 1.54) is 0 Å². The number of amides is 1. The van der Waals surface area contributed by atoms with Crippen LogP contribution in [0.15, 0.2) is 24.3 Å². The zero-order valence-corrected chi connectivity index (χ0v) is 12.1. The van der Waals surface area contributed by atoms with E-state index in [1.54, 1.807) is 4.90 Å². The molecule has 0 heterocycles. The number of unbranched alkanes of at least 4 members (excludes halogenated alkanes) is 1. The largest absolute Gasteiger partial charge is 0.492 e. The summed E-state index contributed by atoms with van der Waals surface area (Å²) in [5, 5.41) is 3.14. The maximum atomic E-state index is 11.9. The van der Waals surface area contributed by atoms with Gasteiger partial charge in [0.05, 0.1) is 18.8 Å². The molecule has 0 aliphatic heterocycles. The van der Waals surface area contributed by atoms with Gasteiger partial charge in [0.2, 0.25) is 5.91 Å². The molecule has 0 saturated carbocycles. The van der Waals surface area contributed by atoms with Crippen molar-refractivity contribution in [3.63, 3.8) is 0 Å². The Morgan fingerprint density at radius 1 is 1.32 bits per heavy atom. The zero-order chi connectivity index (χ0) is 14.1. The molecule has 106 valence electrons. The number of hydrogen-bond donors (Lipinski definition) is 1. The van der Waals surface area contributed by atoms with Crippen molar-refractivity contribution in [2.24, 2.45) is 0 Å². The van der Waals surface area contributed by atoms with Crippen molar-refractivity contribution in [1.82, 2.24) is 4.90 Å². The van der Waals surface area contributed by atoms with Gasteiger partial charge in [0.1, 0.15) is 5.75 Å². The molecular formula is C15H24N2O2. The van der Waals surface area contributed by atoms with Crippen LogP contribution < -0.4 is 10.1 Å². The van der Waals surface area contributed by atoms with Gasteiger partial charge in [0.15, 0.2) is 0 Å². The van der Waals surface area contributed by atoms with Crippen LogP contribution in [-0.4, -0.2) is 37.6 Å². The highest BCUT2D eigenvalue weighted by Crippen LogP contribution is 2.23. The summed E-state index contributed by atoms with van der Waals surface area (Å²) >= 11 is 0. The van der Waals surface area contributed by atoms with Crippen molar-refractivity contribution in [3.05, 3.63) is 24.3 Å². The van der Waals surface area contributed by atoms with Gasteiger partial charge in [-0.3, -0.25) is 4.79 Å². The number of rotatable bonds is 8. The SMILES string of the molecule is CCCCN(C)C(=O)CNc1ccccc1OCC. The molecule has 1 aromatic carbocycles. The highest BCUT2D eigenvalue weighted by atomic mass is 16.5. The van der Waals surface area contributed by atoms with Crippen molar-refractivity contribution in [2.75, 3.05) is 32.1 Å². The molecule has 0 aliphatic carbocycles. The fraction of sp³-hybridized carbons (Fsp3) is 0.533. The lowest BCUT2D eigenvalue weighted by atomic mass is 10.3. The Kier molecular flexibility index (Phi) is 6.79. The van der Waals surface area contributed by atoms with Gasteiger partial charge in [0, 0.05) is 13.6 Å². The van der Waals surface area contributed by atoms with Gasteiger partial charge >= 0.3 is 0 Å². The minimum atomic E-state index is 0.0970. The van der Waals surface area contributed by atoms with Crippen LogP contribution in [-0.2, 0) is 4.79 Å². The van der Waals surface area contributed by atoms with Gasteiger partial charge in [-0.1, -0.05) is 25.5 Å². The molecule has 19 heavy (non-hydrogen) atoms. The van der Waals surface area contributed by atoms with Crippen molar-refractivity contribution in [2.45, 2.75) is 26.7 Å². The summed E-state index contributed by atoms with van der Waals surface area (Å²) in [6, 6.07) is 7.67. The molecule has 1 rings (SSSR count). The lowest BCUT2D eigenvalue weighted by molar-refractivity contribution is -0.128. The van der Waals surface area contributed by atoms with Gasteiger partial charge in [0.25, 0.3) is 0 Å². The molecule has 4 heteroatoms. The Bertz CT molecular complexity index is 393. The summed E-state index contributed by atoms with van der Waals surface area (Å²) in [7, 11) is 1.84. The van der Waals surface area contributed by atoms with Crippen LogP contribution in [0.3, 0.4) is 0 Å². The fourth-order valence-electron chi connectivity index (χ4n) is 1.72. The van der Waals surface area contributed by atoms with Gasteiger partial charge in [-0.25, -0.2) is 0 Å². The van der Waals surface area contributed by atoms with Gasteiger partial charge in [-0.05, 0) is 25.5 Å². The third-order valence-electron chi connectivity index (χ3n) is 2.89. The Hall–Kier alpha value is -1.71. The highest BCUT2D eigenvalue weighted by Gasteiger charge is 2.09. The molecule has 0 aliphatic rings. The van der Waals surface area contributed by atoms with E-state index < -0.39 is 0 Å². The molecule has 1 aromatic rings. The van der Waals surface area contributed by atoms with Crippen molar-refractivity contribution >= 4 is 11.6 Å². The lowest BCUT2D eigenvalue weighted by Gasteiger charge is -2.18. The summed E-state index contributed by atoms with van der Waals surface area (Å²) in [5.74, 6) is 0.883. The first-order valence-electron chi connectivity index (χ1n) is 6.88. The minimum absolute atomic E-state index is 0.0970. The second-order valence-electron chi connectivity index (χ2n) is 4.45. The molecular weight excluding hydrogens is 240 g/mol. The summed E-state index contributed by atoms with van der Waals surface area (Å²) in [6.07, 6.45) is 2.13. The first-order chi connectivity index (χ1) is 9.19. The number of para-hydroxylation sites is 2. The third-order valence-corrected chi connectivity index (χ3v) is 2.89. The summed E-state index contributed by atoms with van der Waals surface area (Å²) in [5.41, 5.74) is 0.863. The van der Waals surface area contributed by atoms with Gasteiger partial charge in [-0.15, -0.1) is 0 Å². The molecule has 1 amide bonds. The van der Waals surface area contributed by atoms with Crippen LogP contribution in [0, 0.1) is 0 Å². The van der Waals surface area contributed by atoms with Crippen LogP contribution >= 0.6 is 0 Å². The lowest BCUT2D eigenvalue weighted by Crippen LogP contribution is -2.32. The smallest absolute Gasteiger partial charge is 0.241 e. The summed E-state index contributed by atoms with van der Waals surface area (Å²) in [4.78, 5) is 13.7. The maximum absolute atomic E-state index is 11.9. The predicted octanol–water partition coefficient (Wildman–Crippen LogP) is 2.76. The Morgan fingerprint density at radius 3 is 2.74 bits per heavy atom. The Labute approximate surface area is 115 Å². The molecule has 4 nitrogen and oxygen atoms in total. The molecule has 0 radical (unpaired) electrons. The molecule has 0 unspecified atom stereocenters. The standard InChI is InChI=1S/C15H24N2O2/c1-4-6-11-17(3)15(18)12-16-13-9-7-8-10-14(13)19-5-2/h7-10,16H,4-6,11-12H2,1-3H3. The van der Waals surface area contributed by atoms with Crippen molar-refractivity contribution < 1.29 is 9.53 Å². The first-order valence-corrected chi connectivity index (χ1v) is 6.88. The molecule has 0 atom stereocenters. The zero-order valence-electron chi connectivity index (χ0n) is 12.1. The summed E-state index contributed by atoms with van der Waals surface area (Å²) < 4.78 is 5.51. The second-order valence-corrected chi connectivity index (χ2v) is 4.45. The Morgan fingerprint density at radius 2 is 2.05 bits per heavy atom. The number of nitrogens with zero attached hydrogens (tertiary/aromatic N) is 1. The predicted molar refractivity (Wildman–Crippen MR) is 78.6 cm³/mol. The normalized spacial score (nSPS) is 10.1. The van der Waals surface area contributed by atoms with E-state index in [4.69, 9.17) is 4.74 Å². The van der Waals surface area contributed by atoms with Crippen LogP contribution in [0.25, 0.3) is 0 Å². The molecule has 1 N–H and O–H groups in total. The number of likely N-dealkylation sites (N-methyl/N-ethyl adjacent to an activating group) is 1. The van der Waals surface area contributed by atoms with E-state index in [0.717, 1.165) is 30.8 Å². The van der Waals surface area contributed by atoms with Crippen molar-refractivity contribution in [1.29, 1.82) is 0 Å².